The molecular formula is C37H38N12O4S2. The first-order valence-electron chi connectivity index (χ1n) is 16.3. The minimum absolute atomic E-state index is 0.0266. The van der Waals surface area contributed by atoms with Crippen molar-refractivity contribution in [2.45, 2.75) is 23.9 Å². The number of aromatic hydroxyl groups is 2. The van der Waals surface area contributed by atoms with E-state index in [1.54, 1.807) is 24.3 Å². The van der Waals surface area contributed by atoms with Crippen molar-refractivity contribution < 1.29 is 19.8 Å². The van der Waals surface area contributed by atoms with E-state index in [0.29, 0.717) is 76.3 Å². The van der Waals surface area contributed by atoms with Gasteiger partial charge >= 0.3 is 6.03 Å². The van der Waals surface area contributed by atoms with Crippen LogP contribution in [0.25, 0.3) is 22.3 Å². The van der Waals surface area contributed by atoms with Gasteiger partial charge in [-0.05, 0) is 49.2 Å². The number of carbonyl (C=O) groups is 2. The predicted octanol–water partition coefficient (Wildman–Crippen LogP) is 4.30. The number of hydrogen-bond donors (Lipinski definition) is 7. The third-order valence-corrected chi connectivity index (χ3v) is 8.80. The summed E-state index contributed by atoms with van der Waals surface area (Å²) in [6.45, 7) is 5.73. The average Bonchev–Trinajstić information content (AvgIpc) is 3.18. The van der Waals surface area contributed by atoms with Crippen LogP contribution in [0, 0.1) is 45.3 Å². The number of phenolic OH excluding ortho intramolecular Hbond substituents is 2. The minimum atomic E-state index is -0.268. The number of amides is 2. The Morgan fingerprint density at radius 2 is 1.20 bits per heavy atom. The van der Waals surface area contributed by atoms with Crippen LogP contribution in [0.3, 0.4) is 0 Å². The molecule has 18 heteroatoms. The monoisotopic (exact) mass is 778 g/mol. The van der Waals surface area contributed by atoms with Gasteiger partial charge in [0.1, 0.15) is 68.6 Å². The van der Waals surface area contributed by atoms with E-state index in [9.17, 15) is 40.8 Å². The van der Waals surface area contributed by atoms with Crippen molar-refractivity contribution in [3.05, 3.63) is 70.8 Å². The second-order valence-corrected chi connectivity index (χ2v) is 12.6. The molecule has 0 aliphatic carbocycles. The maximum absolute atomic E-state index is 11.4. The first-order chi connectivity index (χ1) is 26.5. The Kier molecular flexibility index (Phi) is 19.1. The summed E-state index contributed by atoms with van der Waals surface area (Å²) in [5.74, 6) is 1.33. The number of rotatable bonds is 12. The molecule has 0 atom stereocenters. The molecule has 0 fully saturated rings. The lowest BCUT2D eigenvalue weighted by atomic mass is 9.97. The number of nitrogens with two attached hydrogens (primary N) is 3. The molecule has 0 saturated heterocycles. The van der Waals surface area contributed by atoms with E-state index in [0.717, 1.165) is 0 Å². The Bertz CT molecular complexity index is 2140. The third kappa shape index (κ3) is 13.0. The fourth-order valence-corrected chi connectivity index (χ4v) is 6.10. The fraction of sp³-hybridized carbons (Fsp3) is 0.216. The van der Waals surface area contributed by atoms with Crippen molar-refractivity contribution in [1.82, 2.24) is 20.6 Å². The highest BCUT2D eigenvalue weighted by atomic mass is 32.2. The summed E-state index contributed by atoms with van der Waals surface area (Å²) in [5, 5.41) is 63.0. The van der Waals surface area contributed by atoms with E-state index in [-0.39, 0.29) is 51.4 Å². The number of aromatic nitrogens is 2. The van der Waals surface area contributed by atoms with E-state index in [2.05, 4.69) is 37.7 Å². The van der Waals surface area contributed by atoms with Crippen LogP contribution in [-0.4, -0.2) is 76.4 Å². The van der Waals surface area contributed by atoms with E-state index < -0.39 is 0 Å². The SMILES string of the molecule is CCN=CC=O.CCNC(=O)NCCSc1nc(N)c(C#N)c(-c2ccc(O)cc2)c1C#N.N#Cc1c(N)nc(SCCN)c(C#N)c1-c1ccc(O)cc1. The zero-order valence-corrected chi connectivity index (χ0v) is 31.5. The molecule has 2 amide bonds. The van der Waals surface area contributed by atoms with Crippen LogP contribution >= 0.6 is 23.5 Å². The number of phenols is 2. The maximum atomic E-state index is 11.4. The van der Waals surface area contributed by atoms with E-state index in [4.69, 9.17) is 17.2 Å². The molecule has 0 aliphatic heterocycles. The van der Waals surface area contributed by atoms with E-state index in [1.165, 1.54) is 54.0 Å². The van der Waals surface area contributed by atoms with Crippen molar-refractivity contribution in [2.24, 2.45) is 10.7 Å². The Morgan fingerprint density at radius 1 is 0.764 bits per heavy atom. The molecule has 2 heterocycles. The van der Waals surface area contributed by atoms with E-state index in [1.807, 2.05) is 26.0 Å². The van der Waals surface area contributed by atoms with Gasteiger partial charge < -0.3 is 38.0 Å². The number of aliphatic imine (C=N–C) groups is 1. The number of urea groups is 1. The highest BCUT2D eigenvalue weighted by Crippen LogP contribution is 2.37. The largest absolute Gasteiger partial charge is 0.508 e. The summed E-state index contributed by atoms with van der Waals surface area (Å²) >= 11 is 2.58. The number of nitriles is 4. The van der Waals surface area contributed by atoms with Crippen molar-refractivity contribution in [1.29, 1.82) is 21.0 Å². The van der Waals surface area contributed by atoms with Gasteiger partial charge in [-0.2, -0.15) is 21.0 Å². The van der Waals surface area contributed by atoms with Crippen LogP contribution in [0.1, 0.15) is 36.1 Å². The Morgan fingerprint density at radius 3 is 1.55 bits per heavy atom. The van der Waals surface area contributed by atoms with Crippen molar-refractivity contribution in [3.8, 4) is 58.0 Å². The van der Waals surface area contributed by atoms with Gasteiger partial charge in [0.2, 0.25) is 0 Å². The van der Waals surface area contributed by atoms with E-state index >= 15 is 0 Å². The lowest BCUT2D eigenvalue weighted by Crippen LogP contribution is -2.36. The topological polar surface area (TPSA) is 310 Å². The molecule has 0 unspecified atom stereocenters. The molecule has 2 aromatic carbocycles. The average molecular weight is 779 g/mol. The molecule has 10 N–H and O–H groups in total. The molecule has 0 saturated carbocycles. The molecule has 0 bridgehead atoms. The van der Waals surface area contributed by atoms with Crippen LogP contribution in [0.4, 0.5) is 16.4 Å². The second-order valence-electron chi connectivity index (χ2n) is 10.5. The number of nitrogen functional groups attached to an aromatic ring is 2. The smallest absolute Gasteiger partial charge is 0.314 e. The molecule has 16 nitrogen and oxygen atoms in total. The molecule has 0 radical (unpaired) electrons. The Balaban J connectivity index is 0.000000336. The quantitative estimate of drug-likeness (QED) is 0.0456. The van der Waals surface area contributed by atoms with Crippen LogP contribution in [0.15, 0.2) is 63.6 Å². The van der Waals surface area contributed by atoms with Crippen molar-refractivity contribution in [2.75, 3.05) is 49.2 Å². The lowest BCUT2D eigenvalue weighted by Gasteiger charge is -2.13. The normalized spacial score (nSPS) is 9.87. The number of nitrogens with zero attached hydrogens (tertiary/aromatic N) is 7. The molecule has 4 aromatic rings. The standard InChI is InChI=1S/C18H18N6O2S.C15H13N5OS.C4H7NO/c1-2-22-18(26)23-7-8-27-17-14(10-20)15(13(9-19)16(21)24-17)11-3-5-12(25)6-4-11;16-5-6-22-15-12(8-18)13(11(7-17)14(19)20-15)9-1-3-10(21)4-2-9;1-2-5-3-4-6/h3-6,25H,2,7-8H2,1H3,(H2,21,24)(H2,22,23,26);1-4,21H,5-6,16H2,(H2,19,20);3-4H,2H2,1H3. The summed E-state index contributed by atoms with van der Waals surface area (Å²) in [6.07, 6.45) is 1.92. The molecular weight excluding hydrogens is 741 g/mol. The van der Waals surface area contributed by atoms with Gasteiger partial charge in [-0.1, -0.05) is 24.3 Å². The first kappa shape index (κ1) is 44.3. The van der Waals surface area contributed by atoms with Gasteiger partial charge in [0.05, 0.1) is 17.3 Å². The summed E-state index contributed by atoms with van der Waals surface area (Å²) < 4.78 is 0. The predicted molar refractivity (Wildman–Crippen MR) is 213 cm³/mol. The third-order valence-electron chi connectivity index (χ3n) is 6.81. The van der Waals surface area contributed by atoms with Gasteiger partial charge in [-0.3, -0.25) is 9.79 Å². The molecule has 282 valence electrons. The summed E-state index contributed by atoms with van der Waals surface area (Å²) in [5.41, 5.74) is 20.1. The zero-order chi connectivity index (χ0) is 40.8. The number of nitrogens with one attached hydrogen (secondary N) is 2. The van der Waals surface area contributed by atoms with Crippen LogP contribution in [0.2, 0.25) is 0 Å². The molecule has 0 aliphatic rings. The number of benzene rings is 2. The molecule has 55 heavy (non-hydrogen) atoms. The summed E-state index contributed by atoms with van der Waals surface area (Å²) in [6, 6.07) is 20.3. The number of anilines is 2. The number of hydrogen-bond acceptors (Lipinski definition) is 16. The zero-order valence-electron chi connectivity index (χ0n) is 29.9. The lowest BCUT2D eigenvalue weighted by molar-refractivity contribution is -0.102. The summed E-state index contributed by atoms with van der Waals surface area (Å²) in [4.78, 5) is 32.8. The van der Waals surface area contributed by atoms with Gasteiger partial charge in [-0.15, -0.1) is 23.5 Å². The van der Waals surface area contributed by atoms with Crippen LogP contribution in [-0.2, 0) is 4.79 Å². The van der Waals surface area contributed by atoms with Crippen LogP contribution < -0.4 is 27.8 Å². The van der Waals surface area contributed by atoms with Gasteiger partial charge in [0.25, 0.3) is 0 Å². The summed E-state index contributed by atoms with van der Waals surface area (Å²) in [7, 11) is 0. The second kappa shape index (κ2) is 23.7. The van der Waals surface area contributed by atoms with Crippen molar-refractivity contribution in [3.63, 3.8) is 0 Å². The Labute approximate surface area is 326 Å². The van der Waals surface area contributed by atoms with Gasteiger partial charge in [-0.25, -0.2) is 14.8 Å². The molecule has 4 rings (SSSR count). The number of thioether (sulfide) groups is 2. The minimum Gasteiger partial charge on any atom is -0.508 e. The number of aldehydes is 1. The Hall–Kier alpha value is -6.83. The maximum Gasteiger partial charge on any atom is 0.314 e. The number of pyridine rings is 2. The number of carbonyl (C=O) groups excluding carboxylic acids is 2. The van der Waals surface area contributed by atoms with Crippen molar-refractivity contribution >= 4 is 53.7 Å². The highest BCUT2D eigenvalue weighted by Gasteiger charge is 2.22. The molecule has 0 spiro atoms. The first-order valence-corrected chi connectivity index (χ1v) is 18.3. The van der Waals surface area contributed by atoms with Gasteiger partial charge in [0, 0.05) is 48.8 Å². The van der Waals surface area contributed by atoms with Gasteiger partial charge in [0.15, 0.2) is 6.29 Å². The fourth-order valence-electron chi connectivity index (χ4n) is 4.48. The van der Waals surface area contributed by atoms with Crippen LogP contribution in [0.5, 0.6) is 11.5 Å². The highest BCUT2D eigenvalue weighted by molar-refractivity contribution is 7.99. The molecule has 2 aromatic heterocycles.